The molecule has 0 radical (unpaired) electrons. The topological polar surface area (TPSA) is 26.0 Å². The third-order valence-corrected chi connectivity index (χ3v) is 4.09. The van der Waals surface area contributed by atoms with Crippen LogP contribution in [0.25, 0.3) is 5.57 Å². The number of allylic oxidation sites excluding steroid dienone is 4. The molecule has 1 aromatic rings. The molecule has 0 saturated heterocycles. The van der Waals surface area contributed by atoms with Gasteiger partial charge in [0, 0.05) is 12.0 Å². The monoisotopic (exact) mass is 273 g/mol. The van der Waals surface area contributed by atoms with Gasteiger partial charge in [-0.2, -0.15) is 0 Å². The summed E-state index contributed by atoms with van der Waals surface area (Å²) < 4.78 is 12.8. The highest BCUT2D eigenvalue weighted by Crippen LogP contribution is 2.27. The molecule has 0 heterocycles. The second kappa shape index (κ2) is 7.39. The van der Waals surface area contributed by atoms with Crippen molar-refractivity contribution in [2.75, 3.05) is 6.67 Å². The van der Waals surface area contributed by atoms with Gasteiger partial charge in [-0.25, -0.2) is 4.39 Å². The first kappa shape index (κ1) is 15.0. The summed E-state index contributed by atoms with van der Waals surface area (Å²) >= 11 is 0. The van der Waals surface area contributed by atoms with Gasteiger partial charge in [-0.05, 0) is 42.4 Å². The highest BCUT2D eigenvalue weighted by Gasteiger charge is 2.17. The zero-order chi connectivity index (χ0) is 14.4. The van der Waals surface area contributed by atoms with E-state index in [1.807, 2.05) is 0 Å². The normalized spacial score (nSPS) is 18.2. The third-order valence-electron chi connectivity index (χ3n) is 4.09. The van der Waals surface area contributed by atoms with Gasteiger partial charge in [-0.3, -0.25) is 0 Å². The van der Waals surface area contributed by atoms with Crippen molar-refractivity contribution in [3.05, 3.63) is 53.6 Å². The van der Waals surface area contributed by atoms with Crippen LogP contribution in [0.3, 0.4) is 0 Å². The summed E-state index contributed by atoms with van der Waals surface area (Å²) in [5, 5.41) is 0. The van der Waals surface area contributed by atoms with Gasteiger partial charge < -0.3 is 5.73 Å². The number of halogens is 1. The van der Waals surface area contributed by atoms with E-state index in [1.54, 1.807) is 0 Å². The Hall–Kier alpha value is -1.41. The van der Waals surface area contributed by atoms with Crippen molar-refractivity contribution >= 4 is 5.57 Å². The average Bonchev–Trinajstić information content (AvgIpc) is 2.77. The molecule has 2 N–H and O–H groups in total. The van der Waals surface area contributed by atoms with Gasteiger partial charge in [0.25, 0.3) is 0 Å². The molecule has 1 aliphatic carbocycles. The molecule has 0 bridgehead atoms. The Balaban J connectivity index is 2.15. The van der Waals surface area contributed by atoms with Crippen LogP contribution in [0.15, 0.2) is 42.5 Å². The SMILES string of the molecule is CCC(c1ccc(C2=CCC=CCC2)cc1)C(N)CF. The van der Waals surface area contributed by atoms with Crippen LogP contribution in [0.4, 0.5) is 4.39 Å². The predicted molar refractivity (Wildman–Crippen MR) is 84.4 cm³/mol. The number of hydrogen-bond donors (Lipinski definition) is 1. The number of nitrogens with two attached hydrogens (primary N) is 1. The molecule has 2 rings (SSSR count). The number of rotatable bonds is 5. The summed E-state index contributed by atoms with van der Waals surface area (Å²) in [6, 6.07) is 8.13. The molecule has 1 aliphatic rings. The Bertz CT molecular complexity index is 473. The molecule has 1 aromatic carbocycles. The summed E-state index contributed by atoms with van der Waals surface area (Å²) in [5.74, 6) is 0.110. The van der Waals surface area contributed by atoms with Crippen molar-refractivity contribution in [2.45, 2.75) is 44.6 Å². The van der Waals surface area contributed by atoms with E-state index in [9.17, 15) is 4.39 Å². The van der Waals surface area contributed by atoms with E-state index in [-0.39, 0.29) is 5.92 Å². The smallest absolute Gasteiger partial charge is 0.105 e. The van der Waals surface area contributed by atoms with Crippen LogP contribution in [0.5, 0.6) is 0 Å². The van der Waals surface area contributed by atoms with Crippen LogP contribution in [0.1, 0.15) is 49.7 Å². The quantitative estimate of drug-likeness (QED) is 0.779. The summed E-state index contributed by atoms with van der Waals surface area (Å²) in [6.45, 7) is 1.60. The van der Waals surface area contributed by atoms with Gasteiger partial charge in [-0.1, -0.05) is 49.4 Å². The fraction of sp³-hybridized carbons (Fsp3) is 0.444. The lowest BCUT2D eigenvalue weighted by molar-refractivity contribution is 0.380. The van der Waals surface area contributed by atoms with Gasteiger partial charge in [0.15, 0.2) is 0 Å². The van der Waals surface area contributed by atoms with E-state index in [0.29, 0.717) is 0 Å². The van der Waals surface area contributed by atoms with Gasteiger partial charge in [0.05, 0.1) is 0 Å². The van der Waals surface area contributed by atoms with Crippen LogP contribution in [0.2, 0.25) is 0 Å². The van der Waals surface area contributed by atoms with Gasteiger partial charge in [0.1, 0.15) is 6.67 Å². The molecule has 2 atom stereocenters. The van der Waals surface area contributed by atoms with Crippen LogP contribution >= 0.6 is 0 Å². The second-order valence-corrected chi connectivity index (χ2v) is 5.43. The van der Waals surface area contributed by atoms with E-state index >= 15 is 0 Å². The van der Waals surface area contributed by atoms with Crippen molar-refractivity contribution in [1.29, 1.82) is 0 Å². The highest BCUT2D eigenvalue weighted by molar-refractivity contribution is 5.66. The summed E-state index contributed by atoms with van der Waals surface area (Å²) in [6.07, 6.45) is 10.8. The van der Waals surface area contributed by atoms with Crippen LogP contribution < -0.4 is 5.73 Å². The molecule has 0 amide bonds. The molecule has 0 aromatic heterocycles. The zero-order valence-corrected chi connectivity index (χ0v) is 12.2. The number of benzene rings is 1. The minimum absolute atomic E-state index is 0.110. The third kappa shape index (κ3) is 3.57. The first-order chi connectivity index (χ1) is 9.76. The highest BCUT2D eigenvalue weighted by atomic mass is 19.1. The standard InChI is InChI=1S/C18H24FN/c1-2-17(18(20)13-19)16-11-9-15(10-12-16)14-7-5-3-4-6-8-14/h3-4,7,9-12,17-18H,2,5-6,8,13,20H2,1H3. The minimum atomic E-state index is -0.461. The first-order valence-corrected chi connectivity index (χ1v) is 7.52. The summed E-state index contributed by atoms with van der Waals surface area (Å²) in [7, 11) is 0. The maximum absolute atomic E-state index is 12.8. The lowest BCUT2D eigenvalue weighted by atomic mass is 9.88. The molecular formula is C18H24FN. The van der Waals surface area contributed by atoms with E-state index in [4.69, 9.17) is 5.73 Å². The molecule has 20 heavy (non-hydrogen) atoms. The molecular weight excluding hydrogens is 249 g/mol. The van der Waals surface area contributed by atoms with Gasteiger partial charge in [0.2, 0.25) is 0 Å². The molecule has 0 aliphatic heterocycles. The fourth-order valence-corrected chi connectivity index (χ4v) is 2.87. The van der Waals surface area contributed by atoms with Crippen molar-refractivity contribution in [3.63, 3.8) is 0 Å². The molecule has 0 saturated carbocycles. The maximum Gasteiger partial charge on any atom is 0.105 e. The Kier molecular flexibility index (Phi) is 5.54. The molecule has 2 unspecified atom stereocenters. The molecule has 2 heteroatoms. The van der Waals surface area contributed by atoms with E-state index in [2.05, 4.69) is 49.4 Å². The van der Waals surface area contributed by atoms with Crippen molar-refractivity contribution in [3.8, 4) is 0 Å². The van der Waals surface area contributed by atoms with Crippen molar-refractivity contribution in [2.24, 2.45) is 5.73 Å². The van der Waals surface area contributed by atoms with Crippen molar-refractivity contribution in [1.82, 2.24) is 0 Å². The average molecular weight is 273 g/mol. The Morgan fingerprint density at radius 3 is 2.60 bits per heavy atom. The van der Waals surface area contributed by atoms with E-state index < -0.39 is 12.7 Å². The molecule has 108 valence electrons. The Morgan fingerprint density at radius 2 is 1.95 bits per heavy atom. The fourth-order valence-electron chi connectivity index (χ4n) is 2.87. The second-order valence-electron chi connectivity index (χ2n) is 5.43. The summed E-state index contributed by atoms with van der Waals surface area (Å²) in [4.78, 5) is 0. The lowest BCUT2D eigenvalue weighted by Crippen LogP contribution is -2.30. The Morgan fingerprint density at radius 1 is 1.20 bits per heavy atom. The van der Waals surface area contributed by atoms with Crippen LogP contribution in [-0.4, -0.2) is 12.7 Å². The molecule has 0 spiro atoms. The Labute approximate surface area is 121 Å². The van der Waals surface area contributed by atoms with E-state index in [1.165, 1.54) is 11.1 Å². The first-order valence-electron chi connectivity index (χ1n) is 7.52. The summed E-state index contributed by atoms with van der Waals surface area (Å²) in [5.41, 5.74) is 9.70. The largest absolute Gasteiger partial charge is 0.325 e. The van der Waals surface area contributed by atoms with E-state index in [0.717, 1.165) is 31.2 Å². The minimum Gasteiger partial charge on any atom is -0.325 e. The predicted octanol–water partition coefficient (Wildman–Crippen LogP) is 4.60. The molecule has 1 nitrogen and oxygen atoms in total. The number of alkyl halides is 1. The molecule has 0 fully saturated rings. The van der Waals surface area contributed by atoms with Crippen LogP contribution in [0, 0.1) is 0 Å². The lowest BCUT2D eigenvalue weighted by Gasteiger charge is -2.21. The maximum atomic E-state index is 12.8. The van der Waals surface area contributed by atoms with Crippen molar-refractivity contribution < 1.29 is 4.39 Å². The van der Waals surface area contributed by atoms with Gasteiger partial charge >= 0.3 is 0 Å². The number of hydrogen-bond acceptors (Lipinski definition) is 1. The van der Waals surface area contributed by atoms with Crippen LogP contribution in [-0.2, 0) is 0 Å². The zero-order valence-electron chi connectivity index (χ0n) is 12.2. The van der Waals surface area contributed by atoms with Gasteiger partial charge in [-0.15, -0.1) is 0 Å².